The van der Waals surface area contributed by atoms with Gasteiger partial charge in [0.15, 0.2) is 5.78 Å². The minimum Gasteiger partial charge on any atom is -0.497 e. The number of ether oxygens (including phenoxy) is 1. The molecule has 8 heteroatoms. The molecule has 36 heavy (non-hydrogen) atoms. The van der Waals surface area contributed by atoms with E-state index < -0.39 is 12.0 Å². The Morgan fingerprint density at radius 3 is 2.53 bits per heavy atom. The van der Waals surface area contributed by atoms with Crippen LogP contribution in [0, 0.1) is 0 Å². The Morgan fingerprint density at radius 2 is 1.83 bits per heavy atom. The van der Waals surface area contributed by atoms with Crippen molar-refractivity contribution < 1.29 is 24.2 Å². The number of rotatable bonds is 6. The van der Waals surface area contributed by atoms with Crippen molar-refractivity contribution in [1.29, 1.82) is 0 Å². The number of carbonyl (C=O) groups excluding carboxylic acids is 2. The third-order valence-corrected chi connectivity index (χ3v) is 7.63. The Hall–Kier alpha value is -3.91. The number of carboxylic acids is 1. The third-order valence-electron chi connectivity index (χ3n) is 6.71. The lowest BCUT2D eigenvalue weighted by Gasteiger charge is -2.34. The quantitative estimate of drug-likeness (QED) is 0.461. The number of amides is 1. The van der Waals surface area contributed by atoms with Crippen LogP contribution in [0.2, 0.25) is 0 Å². The van der Waals surface area contributed by atoms with E-state index in [-0.39, 0.29) is 30.4 Å². The van der Waals surface area contributed by atoms with E-state index in [2.05, 4.69) is 5.32 Å². The van der Waals surface area contributed by atoms with Gasteiger partial charge in [-0.3, -0.25) is 19.3 Å². The zero-order valence-corrected chi connectivity index (χ0v) is 20.6. The number of methoxy groups -OCH3 is 1. The molecule has 0 fully saturated rings. The topological polar surface area (TPSA) is 95.9 Å². The minimum absolute atomic E-state index is 0.0138. The summed E-state index contributed by atoms with van der Waals surface area (Å²) in [6.07, 6.45) is 0.501. The number of anilines is 2. The molecule has 3 aromatic rings. The fraction of sp³-hybridized carbons (Fsp3) is 0.250. The molecule has 2 N–H and O–H groups in total. The highest BCUT2D eigenvalue weighted by Gasteiger charge is 2.41. The number of hydrogen-bond donors (Lipinski definition) is 2. The van der Waals surface area contributed by atoms with Gasteiger partial charge < -0.3 is 15.2 Å². The molecule has 2 atom stereocenters. The van der Waals surface area contributed by atoms with Crippen molar-refractivity contribution in [3.05, 3.63) is 87.8 Å². The number of aliphatic carboxylic acids is 1. The summed E-state index contributed by atoms with van der Waals surface area (Å²) in [6, 6.07) is 18.4. The fourth-order valence-electron chi connectivity index (χ4n) is 5.03. The second-order valence-electron chi connectivity index (χ2n) is 8.91. The van der Waals surface area contributed by atoms with Gasteiger partial charge in [0.1, 0.15) is 11.8 Å². The summed E-state index contributed by atoms with van der Waals surface area (Å²) in [5.74, 6) is -0.639. The molecule has 2 aromatic carbocycles. The van der Waals surface area contributed by atoms with E-state index in [0.29, 0.717) is 24.1 Å². The first kappa shape index (κ1) is 23.8. The van der Waals surface area contributed by atoms with Crippen LogP contribution in [0.5, 0.6) is 5.75 Å². The Labute approximate surface area is 213 Å². The van der Waals surface area contributed by atoms with Crippen molar-refractivity contribution in [2.45, 2.75) is 37.6 Å². The van der Waals surface area contributed by atoms with E-state index >= 15 is 0 Å². The molecule has 0 bridgehead atoms. The summed E-state index contributed by atoms with van der Waals surface area (Å²) in [5.41, 5.74) is 3.77. The molecule has 5 rings (SSSR count). The van der Waals surface area contributed by atoms with Gasteiger partial charge in [-0.25, -0.2) is 0 Å². The molecule has 2 heterocycles. The lowest BCUT2D eigenvalue weighted by atomic mass is 9.79. The summed E-state index contributed by atoms with van der Waals surface area (Å²) in [4.78, 5) is 41.1. The molecule has 0 unspecified atom stereocenters. The maximum absolute atomic E-state index is 13.8. The van der Waals surface area contributed by atoms with Crippen molar-refractivity contribution >= 4 is 40.4 Å². The van der Waals surface area contributed by atoms with Crippen LogP contribution in [-0.2, 0) is 14.4 Å². The number of benzene rings is 2. The van der Waals surface area contributed by atoms with Crippen LogP contribution in [0.4, 0.5) is 11.4 Å². The first-order valence-corrected chi connectivity index (χ1v) is 12.7. The van der Waals surface area contributed by atoms with Gasteiger partial charge in [-0.1, -0.05) is 30.3 Å². The molecule has 1 aliphatic carbocycles. The number of fused-ring (bicyclic) bond motifs is 1. The van der Waals surface area contributed by atoms with Crippen molar-refractivity contribution in [1.82, 2.24) is 0 Å². The Bertz CT molecular complexity index is 1330. The Kier molecular flexibility index (Phi) is 6.61. The van der Waals surface area contributed by atoms with E-state index in [9.17, 15) is 19.5 Å². The maximum Gasteiger partial charge on any atom is 0.303 e. The molecular weight excluding hydrogens is 476 g/mol. The van der Waals surface area contributed by atoms with E-state index in [1.807, 2.05) is 66.0 Å². The highest BCUT2D eigenvalue weighted by molar-refractivity contribution is 7.10. The summed E-state index contributed by atoms with van der Waals surface area (Å²) in [6.45, 7) is 0. The van der Waals surface area contributed by atoms with Gasteiger partial charge >= 0.3 is 5.97 Å². The lowest BCUT2D eigenvalue weighted by Crippen LogP contribution is -2.38. The molecule has 0 saturated carbocycles. The van der Waals surface area contributed by atoms with Gasteiger partial charge in [0.05, 0.1) is 24.9 Å². The second-order valence-corrected chi connectivity index (χ2v) is 9.89. The van der Waals surface area contributed by atoms with Crippen LogP contribution >= 0.6 is 11.3 Å². The number of ketones is 1. The van der Waals surface area contributed by atoms with E-state index in [1.165, 1.54) is 11.3 Å². The third kappa shape index (κ3) is 4.52. The predicted octanol–water partition coefficient (Wildman–Crippen LogP) is 5.52. The SMILES string of the molecule is COc1ccc([C@@H]2CC(=O)C3=C(C2)Nc2ccccc2N(C(=O)CCC(=O)O)[C@@H]3c2cccs2)cc1. The zero-order chi connectivity index (χ0) is 25.2. The van der Waals surface area contributed by atoms with Gasteiger partial charge in [0.2, 0.25) is 5.91 Å². The van der Waals surface area contributed by atoms with Crippen LogP contribution < -0.4 is 15.0 Å². The average molecular weight is 503 g/mol. The van der Waals surface area contributed by atoms with Gasteiger partial charge in [0.25, 0.3) is 0 Å². The maximum atomic E-state index is 13.8. The van der Waals surface area contributed by atoms with Gasteiger partial charge in [-0.2, -0.15) is 0 Å². The summed E-state index contributed by atoms with van der Waals surface area (Å²) in [5, 5.41) is 14.6. The molecular formula is C28H26N2O5S. The normalized spacial score (nSPS) is 19.1. The van der Waals surface area contributed by atoms with E-state index in [4.69, 9.17) is 4.74 Å². The van der Waals surface area contributed by atoms with Crippen molar-refractivity contribution in [3.63, 3.8) is 0 Å². The predicted molar refractivity (Wildman–Crippen MR) is 138 cm³/mol. The number of hydrogen-bond acceptors (Lipinski definition) is 6. The Balaban J connectivity index is 1.62. The largest absolute Gasteiger partial charge is 0.497 e. The second kappa shape index (κ2) is 9.99. The van der Waals surface area contributed by atoms with Gasteiger partial charge in [-0.15, -0.1) is 11.3 Å². The fourth-order valence-corrected chi connectivity index (χ4v) is 5.85. The minimum atomic E-state index is -1.03. The number of carboxylic acid groups (broad SMARTS) is 1. The summed E-state index contributed by atoms with van der Waals surface area (Å²) < 4.78 is 5.28. The average Bonchev–Trinajstić information content (AvgIpc) is 3.36. The molecule has 0 radical (unpaired) electrons. The molecule has 0 saturated heterocycles. The molecule has 1 aromatic heterocycles. The summed E-state index contributed by atoms with van der Waals surface area (Å²) >= 11 is 1.48. The van der Waals surface area contributed by atoms with E-state index in [1.54, 1.807) is 12.0 Å². The monoisotopic (exact) mass is 502 g/mol. The highest BCUT2D eigenvalue weighted by atomic mass is 32.1. The number of Topliss-reactive ketones (excluding diaryl/α,β-unsaturated/α-hetero) is 1. The van der Waals surface area contributed by atoms with Crippen LogP contribution in [0.15, 0.2) is 77.3 Å². The molecule has 2 aliphatic rings. The molecule has 7 nitrogen and oxygen atoms in total. The molecule has 0 spiro atoms. The van der Waals surface area contributed by atoms with Gasteiger partial charge in [-0.05, 0) is 53.6 Å². The molecule has 1 amide bonds. The van der Waals surface area contributed by atoms with Crippen LogP contribution in [0.1, 0.15) is 48.1 Å². The number of thiophene rings is 1. The van der Waals surface area contributed by atoms with Crippen LogP contribution in [0.25, 0.3) is 0 Å². The van der Waals surface area contributed by atoms with Crippen molar-refractivity contribution in [2.75, 3.05) is 17.3 Å². The smallest absolute Gasteiger partial charge is 0.303 e. The number of nitrogens with zero attached hydrogens (tertiary/aromatic N) is 1. The first-order valence-electron chi connectivity index (χ1n) is 11.8. The van der Waals surface area contributed by atoms with Crippen molar-refractivity contribution in [3.8, 4) is 5.75 Å². The van der Waals surface area contributed by atoms with Crippen LogP contribution in [0.3, 0.4) is 0 Å². The van der Waals surface area contributed by atoms with Crippen LogP contribution in [-0.4, -0.2) is 29.9 Å². The summed E-state index contributed by atoms with van der Waals surface area (Å²) in [7, 11) is 1.62. The Morgan fingerprint density at radius 1 is 1.06 bits per heavy atom. The first-order chi connectivity index (χ1) is 17.5. The van der Waals surface area contributed by atoms with E-state index in [0.717, 1.165) is 27.6 Å². The number of carbonyl (C=O) groups is 3. The number of allylic oxidation sites excluding steroid dienone is 1. The zero-order valence-electron chi connectivity index (χ0n) is 19.8. The standard InChI is InChI=1S/C28H26N2O5S/c1-35-19-10-8-17(9-11-19)18-15-21-27(23(31)16-18)28(24-7-4-14-36-24)30(25(32)12-13-26(33)34)22-6-3-2-5-20(22)29-21/h2-11,14,18,28-29H,12-13,15-16H2,1H3,(H,33,34)/t18-,28+/m0/s1. The lowest BCUT2D eigenvalue weighted by molar-refractivity contribution is -0.138. The highest BCUT2D eigenvalue weighted by Crippen LogP contribution is 2.48. The number of para-hydroxylation sites is 2. The van der Waals surface area contributed by atoms with Crippen molar-refractivity contribution in [2.24, 2.45) is 0 Å². The van der Waals surface area contributed by atoms with Gasteiger partial charge in [0, 0.05) is 29.0 Å². The molecule has 184 valence electrons. The number of nitrogens with one attached hydrogen (secondary N) is 1. The molecule has 1 aliphatic heterocycles.